The number of unbranched alkanes of at least 4 members (excludes halogenated alkanes) is 2. The minimum atomic E-state index is -0.820. The zero-order valence-electron chi connectivity index (χ0n) is 17.4. The first-order valence-electron chi connectivity index (χ1n) is 11.0. The fourth-order valence-corrected chi connectivity index (χ4v) is 3.87. The van der Waals surface area contributed by atoms with Crippen LogP contribution >= 0.6 is 0 Å². The summed E-state index contributed by atoms with van der Waals surface area (Å²) in [6.07, 6.45) is 7.61. The Labute approximate surface area is 172 Å². The molecule has 0 spiro atoms. The number of aryl methyl sites for hydroxylation is 1. The first-order valence-corrected chi connectivity index (χ1v) is 11.0. The number of hydrogen-bond acceptors (Lipinski definition) is 4. The van der Waals surface area contributed by atoms with Gasteiger partial charge in [-0.05, 0) is 43.4 Å². The molecule has 0 aliphatic carbocycles. The van der Waals surface area contributed by atoms with Crippen molar-refractivity contribution < 1.29 is 27.7 Å². The average molecular weight is 413 g/mol. The number of halogens is 2. The van der Waals surface area contributed by atoms with Crippen molar-refractivity contribution >= 4 is 0 Å². The molecule has 0 unspecified atom stereocenters. The normalized spacial score (nSPS) is 27.8. The quantitative estimate of drug-likeness (QED) is 0.493. The van der Waals surface area contributed by atoms with E-state index in [-0.39, 0.29) is 12.6 Å². The summed E-state index contributed by atoms with van der Waals surface area (Å²) in [5.74, 6) is -0.759. The maximum Gasteiger partial charge on any atom is 0.159 e. The predicted octanol–water partition coefficient (Wildman–Crippen LogP) is 5.24. The first-order chi connectivity index (χ1) is 14.1. The Balaban J connectivity index is 1.26. The van der Waals surface area contributed by atoms with Crippen LogP contribution in [0.1, 0.15) is 57.4 Å². The van der Waals surface area contributed by atoms with Gasteiger partial charge in [0, 0.05) is 18.3 Å². The second-order valence-electron chi connectivity index (χ2n) is 8.28. The monoisotopic (exact) mass is 412 g/mol. The van der Waals surface area contributed by atoms with Crippen molar-refractivity contribution in [1.29, 1.82) is 0 Å². The van der Waals surface area contributed by atoms with Gasteiger partial charge >= 0.3 is 0 Å². The maximum atomic E-state index is 13.3. The second kappa shape index (κ2) is 11.9. The van der Waals surface area contributed by atoms with E-state index >= 15 is 0 Å². The van der Waals surface area contributed by atoms with Crippen molar-refractivity contribution in [2.24, 2.45) is 11.8 Å². The van der Waals surface area contributed by atoms with Gasteiger partial charge < -0.3 is 18.9 Å². The Bertz CT molecular complexity index is 597. The Kier molecular flexibility index (Phi) is 9.31. The van der Waals surface area contributed by atoms with Gasteiger partial charge in [0.2, 0.25) is 0 Å². The summed E-state index contributed by atoms with van der Waals surface area (Å²) in [5.41, 5.74) is 0.748. The predicted molar refractivity (Wildman–Crippen MR) is 106 cm³/mol. The lowest BCUT2D eigenvalue weighted by Gasteiger charge is -2.32. The van der Waals surface area contributed by atoms with Crippen LogP contribution in [0, 0.1) is 23.5 Å². The van der Waals surface area contributed by atoms with Gasteiger partial charge in [0.15, 0.2) is 24.2 Å². The molecule has 2 aliphatic heterocycles. The highest BCUT2D eigenvalue weighted by Gasteiger charge is 2.26. The van der Waals surface area contributed by atoms with E-state index < -0.39 is 11.6 Å². The van der Waals surface area contributed by atoms with Crippen molar-refractivity contribution in [3.05, 3.63) is 35.4 Å². The van der Waals surface area contributed by atoms with E-state index in [1.165, 1.54) is 31.7 Å². The highest BCUT2D eigenvalue weighted by molar-refractivity contribution is 5.17. The number of hydrogen-bond donors (Lipinski definition) is 0. The van der Waals surface area contributed by atoms with E-state index in [9.17, 15) is 8.78 Å². The van der Waals surface area contributed by atoms with Gasteiger partial charge in [0.25, 0.3) is 0 Å². The van der Waals surface area contributed by atoms with Crippen LogP contribution in [0.15, 0.2) is 18.2 Å². The molecule has 0 amide bonds. The second-order valence-corrected chi connectivity index (χ2v) is 8.28. The third-order valence-corrected chi connectivity index (χ3v) is 5.75. The number of ether oxygens (including phenoxy) is 4. The van der Waals surface area contributed by atoms with E-state index in [1.807, 2.05) is 0 Å². The molecule has 2 heterocycles. The Morgan fingerprint density at radius 2 is 1.38 bits per heavy atom. The number of rotatable bonds is 10. The third kappa shape index (κ3) is 7.59. The summed E-state index contributed by atoms with van der Waals surface area (Å²) in [6.45, 7) is 5.12. The van der Waals surface area contributed by atoms with E-state index in [0.29, 0.717) is 37.9 Å². The molecule has 3 rings (SSSR count). The molecule has 2 fully saturated rings. The van der Waals surface area contributed by atoms with E-state index in [2.05, 4.69) is 6.92 Å². The Morgan fingerprint density at radius 1 is 0.759 bits per heavy atom. The van der Waals surface area contributed by atoms with Crippen molar-refractivity contribution in [2.75, 3.05) is 26.4 Å². The van der Waals surface area contributed by atoms with Crippen LogP contribution in [0.5, 0.6) is 0 Å². The van der Waals surface area contributed by atoms with Crippen LogP contribution in [0.2, 0.25) is 0 Å². The number of benzene rings is 1. The van der Waals surface area contributed by atoms with E-state index in [4.69, 9.17) is 18.9 Å². The molecule has 6 heteroatoms. The molecule has 0 radical (unpaired) electrons. The average Bonchev–Trinajstić information content (AvgIpc) is 2.75. The van der Waals surface area contributed by atoms with Crippen molar-refractivity contribution in [1.82, 2.24) is 0 Å². The van der Waals surface area contributed by atoms with Crippen LogP contribution < -0.4 is 0 Å². The van der Waals surface area contributed by atoms with Gasteiger partial charge in [-0.15, -0.1) is 0 Å². The van der Waals surface area contributed by atoms with Gasteiger partial charge in [-0.2, -0.15) is 0 Å². The molecular formula is C23H34F2O4. The topological polar surface area (TPSA) is 36.9 Å². The van der Waals surface area contributed by atoms with Gasteiger partial charge in [-0.1, -0.05) is 32.3 Å². The third-order valence-electron chi connectivity index (χ3n) is 5.75. The van der Waals surface area contributed by atoms with Gasteiger partial charge in [-0.25, -0.2) is 8.78 Å². The largest absolute Gasteiger partial charge is 0.352 e. The fraction of sp³-hybridized carbons (Fsp3) is 0.739. The standard InChI is InChI=1S/C23H34F2O4/c1-2-3-4-5-18-13-26-23(27-14-18)11-8-19-15-28-22(29-16-19)10-7-17-6-9-20(24)21(25)12-17/h6,9,12,18-19,22-23H,2-5,7-8,10-11,13-16H2,1H3/t18-,19-,22-,23-. The molecule has 2 saturated heterocycles. The van der Waals surface area contributed by atoms with Gasteiger partial charge in [0.1, 0.15) is 0 Å². The molecule has 1 aromatic carbocycles. The molecule has 4 nitrogen and oxygen atoms in total. The Hall–Kier alpha value is -1.08. The highest BCUT2D eigenvalue weighted by Crippen LogP contribution is 2.24. The SMILES string of the molecule is CCCCC[C@H]1CO[C@H](CC[C@H]2CO[C@H](CCc3ccc(F)c(F)c3)OC2)OC1. The van der Waals surface area contributed by atoms with Crippen LogP contribution in [-0.4, -0.2) is 39.0 Å². The van der Waals surface area contributed by atoms with Crippen molar-refractivity contribution in [3.8, 4) is 0 Å². The maximum absolute atomic E-state index is 13.3. The molecule has 0 aromatic heterocycles. The molecular weight excluding hydrogens is 378 g/mol. The highest BCUT2D eigenvalue weighted by atomic mass is 19.2. The lowest BCUT2D eigenvalue weighted by molar-refractivity contribution is -0.219. The molecule has 0 atom stereocenters. The van der Waals surface area contributed by atoms with Crippen LogP contribution in [0.25, 0.3) is 0 Å². The van der Waals surface area contributed by atoms with Crippen LogP contribution in [-0.2, 0) is 25.4 Å². The lowest BCUT2D eigenvalue weighted by Crippen LogP contribution is -2.35. The Morgan fingerprint density at radius 3 is 2.00 bits per heavy atom. The molecule has 1 aromatic rings. The molecule has 0 bridgehead atoms. The molecule has 0 saturated carbocycles. The van der Waals surface area contributed by atoms with Crippen LogP contribution in [0.4, 0.5) is 8.78 Å². The molecule has 2 aliphatic rings. The van der Waals surface area contributed by atoms with Crippen molar-refractivity contribution in [2.45, 2.75) is 70.9 Å². The van der Waals surface area contributed by atoms with Crippen molar-refractivity contribution in [3.63, 3.8) is 0 Å². The fourth-order valence-electron chi connectivity index (χ4n) is 3.87. The molecule has 164 valence electrons. The minimum Gasteiger partial charge on any atom is -0.352 e. The summed E-state index contributed by atoms with van der Waals surface area (Å²) >= 11 is 0. The van der Waals surface area contributed by atoms with Gasteiger partial charge in [0.05, 0.1) is 26.4 Å². The lowest BCUT2D eigenvalue weighted by atomic mass is 10.0. The summed E-state index contributed by atoms with van der Waals surface area (Å²) < 4.78 is 49.6. The van der Waals surface area contributed by atoms with Gasteiger partial charge in [-0.3, -0.25) is 0 Å². The van der Waals surface area contributed by atoms with E-state index in [0.717, 1.165) is 37.7 Å². The summed E-state index contributed by atoms with van der Waals surface area (Å²) in [7, 11) is 0. The zero-order chi connectivity index (χ0) is 20.5. The van der Waals surface area contributed by atoms with E-state index in [1.54, 1.807) is 6.07 Å². The summed E-state index contributed by atoms with van der Waals surface area (Å²) in [6, 6.07) is 3.99. The first kappa shape index (κ1) is 22.6. The molecule has 29 heavy (non-hydrogen) atoms. The molecule has 0 N–H and O–H groups in total. The summed E-state index contributed by atoms with van der Waals surface area (Å²) in [4.78, 5) is 0. The zero-order valence-corrected chi connectivity index (χ0v) is 17.4. The minimum absolute atomic E-state index is 0.108. The summed E-state index contributed by atoms with van der Waals surface area (Å²) in [5, 5.41) is 0. The smallest absolute Gasteiger partial charge is 0.159 e. The van der Waals surface area contributed by atoms with Crippen LogP contribution in [0.3, 0.4) is 0 Å².